The van der Waals surface area contributed by atoms with E-state index in [1.807, 2.05) is 22.9 Å². The minimum absolute atomic E-state index is 0.290. The van der Waals surface area contributed by atoms with Gasteiger partial charge >= 0.3 is 11.9 Å². The van der Waals surface area contributed by atoms with Crippen LogP contribution in [0.15, 0.2) is 22.9 Å². The molecule has 1 aromatic rings. The lowest BCUT2D eigenvalue weighted by molar-refractivity contribution is -0.153. The largest absolute Gasteiger partial charge is 0.466 e. The zero-order valence-electron chi connectivity index (χ0n) is 9.47. The maximum Gasteiger partial charge on any atom is 0.317 e. The average molecular weight is 244 g/mol. The monoisotopic (exact) mass is 244 g/mol. The summed E-state index contributed by atoms with van der Waals surface area (Å²) in [6, 6.07) is 4.04. The Bertz CT molecular complexity index is 249. The zero-order valence-corrected chi connectivity index (χ0v) is 10.3. The van der Waals surface area contributed by atoms with Gasteiger partial charge in [0.2, 0.25) is 0 Å². The van der Waals surface area contributed by atoms with Gasteiger partial charge in [-0.25, -0.2) is 0 Å². The summed E-state index contributed by atoms with van der Waals surface area (Å²) in [6.45, 7) is 3.95. The summed E-state index contributed by atoms with van der Waals surface area (Å²) in [5.41, 5.74) is 0. The Labute approximate surface area is 99.2 Å². The van der Waals surface area contributed by atoms with Gasteiger partial charge < -0.3 is 9.47 Å². The summed E-state index contributed by atoms with van der Waals surface area (Å²) in [7, 11) is 0. The smallest absolute Gasteiger partial charge is 0.317 e. The summed E-state index contributed by atoms with van der Waals surface area (Å²) >= 11 is 1.71. The lowest BCUT2D eigenvalue weighted by Gasteiger charge is -2.00. The lowest BCUT2D eigenvalue weighted by Crippen LogP contribution is -2.13. The molecule has 4 nitrogen and oxygen atoms in total. The van der Waals surface area contributed by atoms with Gasteiger partial charge in [-0.3, -0.25) is 9.59 Å². The number of hydrogen-bond acceptors (Lipinski definition) is 5. The molecule has 5 heteroatoms. The van der Waals surface area contributed by atoms with E-state index in [2.05, 4.69) is 9.47 Å². The number of carbonyl (C=O) groups is 2. The van der Waals surface area contributed by atoms with Gasteiger partial charge in [0.25, 0.3) is 0 Å². The van der Waals surface area contributed by atoms with Gasteiger partial charge in [0.1, 0.15) is 6.42 Å². The van der Waals surface area contributed by atoms with Crippen LogP contribution >= 0.6 is 11.3 Å². The first kappa shape index (κ1) is 14.6. The van der Waals surface area contributed by atoms with E-state index in [1.54, 1.807) is 25.2 Å². The van der Waals surface area contributed by atoms with Crippen LogP contribution in [0.4, 0.5) is 0 Å². The molecule has 0 amide bonds. The van der Waals surface area contributed by atoms with Crippen LogP contribution in [0.1, 0.15) is 20.3 Å². The van der Waals surface area contributed by atoms with Crippen LogP contribution in [-0.4, -0.2) is 25.2 Å². The highest BCUT2D eigenvalue weighted by molar-refractivity contribution is 7.07. The maximum atomic E-state index is 10.6. The summed E-state index contributed by atoms with van der Waals surface area (Å²) in [5.74, 6) is -1.07. The third-order valence-electron chi connectivity index (χ3n) is 1.32. The molecule has 1 heterocycles. The van der Waals surface area contributed by atoms with Gasteiger partial charge in [0.05, 0.1) is 13.2 Å². The summed E-state index contributed by atoms with van der Waals surface area (Å²) < 4.78 is 9.04. The number of esters is 2. The molecule has 1 rings (SSSR count). The Balaban J connectivity index is 0.000000368. The molecule has 1 aromatic heterocycles. The molecule has 0 aliphatic rings. The van der Waals surface area contributed by atoms with Crippen molar-refractivity contribution in [3.05, 3.63) is 22.9 Å². The third kappa shape index (κ3) is 9.21. The molecule has 0 aliphatic carbocycles. The molecular weight excluding hydrogens is 228 g/mol. The molecular formula is C11H16O4S. The molecule has 0 radical (unpaired) electrons. The second kappa shape index (κ2) is 10.2. The average Bonchev–Trinajstić information content (AvgIpc) is 2.75. The van der Waals surface area contributed by atoms with Gasteiger partial charge in [0.15, 0.2) is 0 Å². The highest BCUT2D eigenvalue weighted by Crippen LogP contribution is 1.91. The number of thiophene rings is 1. The predicted molar refractivity (Wildman–Crippen MR) is 62.2 cm³/mol. The summed E-state index contributed by atoms with van der Waals surface area (Å²) in [4.78, 5) is 21.2. The van der Waals surface area contributed by atoms with E-state index in [-0.39, 0.29) is 19.6 Å². The Morgan fingerprint density at radius 3 is 1.69 bits per heavy atom. The molecule has 0 spiro atoms. The van der Waals surface area contributed by atoms with E-state index >= 15 is 0 Å². The van der Waals surface area contributed by atoms with Crippen molar-refractivity contribution in [1.82, 2.24) is 0 Å². The SMILES string of the molecule is CCOC(=O)CC(=O)OCC.c1ccsc1. The fraction of sp³-hybridized carbons (Fsp3) is 0.455. The topological polar surface area (TPSA) is 52.6 Å². The molecule has 0 saturated carbocycles. The lowest BCUT2D eigenvalue weighted by atomic mass is 10.4. The molecule has 90 valence electrons. The van der Waals surface area contributed by atoms with Gasteiger partial charge in [0, 0.05) is 0 Å². The first-order chi connectivity index (χ1) is 7.70. The van der Waals surface area contributed by atoms with Crippen molar-refractivity contribution >= 4 is 23.3 Å². The Hall–Kier alpha value is -1.36. The molecule has 0 aromatic carbocycles. The van der Waals surface area contributed by atoms with Crippen LogP contribution in [0.3, 0.4) is 0 Å². The van der Waals surface area contributed by atoms with Crippen molar-refractivity contribution in [2.24, 2.45) is 0 Å². The van der Waals surface area contributed by atoms with Crippen molar-refractivity contribution < 1.29 is 19.1 Å². The van der Waals surface area contributed by atoms with E-state index in [4.69, 9.17) is 0 Å². The predicted octanol–water partition coefficient (Wildman–Crippen LogP) is 2.25. The van der Waals surface area contributed by atoms with E-state index in [0.717, 1.165) is 0 Å². The minimum Gasteiger partial charge on any atom is -0.466 e. The van der Waals surface area contributed by atoms with E-state index in [9.17, 15) is 9.59 Å². The highest BCUT2D eigenvalue weighted by Gasteiger charge is 2.09. The van der Waals surface area contributed by atoms with Crippen LogP contribution in [-0.2, 0) is 19.1 Å². The molecule has 0 fully saturated rings. The first-order valence-electron chi connectivity index (χ1n) is 4.99. The van der Waals surface area contributed by atoms with Crippen LogP contribution in [0.2, 0.25) is 0 Å². The van der Waals surface area contributed by atoms with Crippen molar-refractivity contribution in [2.75, 3.05) is 13.2 Å². The minimum atomic E-state index is -0.536. The van der Waals surface area contributed by atoms with Gasteiger partial charge in [-0.2, -0.15) is 11.3 Å². The Morgan fingerprint density at radius 1 is 1.00 bits per heavy atom. The molecule has 0 saturated heterocycles. The molecule has 0 aliphatic heterocycles. The normalized spacial score (nSPS) is 8.62. The van der Waals surface area contributed by atoms with Crippen molar-refractivity contribution in [2.45, 2.75) is 20.3 Å². The van der Waals surface area contributed by atoms with Crippen LogP contribution < -0.4 is 0 Å². The molecule has 16 heavy (non-hydrogen) atoms. The summed E-state index contributed by atoms with van der Waals surface area (Å²) in [5, 5.41) is 4.08. The summed E-state index contributed by atoms with van der Waals surface area (Å²) in [6.07, 6.45) is -0.290. The standard InChI is InChI=1S/C7H12O4.C4H4S/c1-3-10-6(8)5-7(9)11-4-2;1-2-4-5-3-1/h3-5H2,1-2H3;1-4H. The third-order valence-corrected chi connectivity index (χ3v) is 1.95. The van der Waals surface area contributed by atoms with Crippen molar-refractivity contribution in [3.63, 3.8) is 0 Å². The van der Waals surface area contributed by atoms with Crippen molar-refractivity contribution in [3.8, 4) is 0 Å². The molecule has 0 unspecified atom stereocenters. The second-order valence-corrected chi connectivity index (χ2v) is 3.40. The highest BCUT2D eigenvalue weighted by atomic mass is 32.1. The molecule has 0 atom stereocenters. The van der Waals surface area contributed by atoms with E-state index < -0.39 is 11.9 Å². The number of hydrogen-bond donors (Lipinski definition) is 0. The van der Waals surface area contributed by atoms with E-state index in [0.29, 0.717) is 0 Å². The zero-order chi connectivity index (χ0) is 12.2. The number of rotatable bonds is 4. The maximum absolute atomic E-state index is 10.6. The Kier molecular flexibility index (Phi) is 9.30. The fourth-order valence-electron chi connectivity index (χ4n) is 0.769. The first-order valence-corrected chi connectivity index (χ1v) is 5.93. The van der Waals surface area contributed by atoms with Crippen LogP contribution in [0, 0.1) is 0 Å². The molecule has 0 N–H and O–H groups in total. The van der Waals surface area contributed by atoms with Crippen LogP contribution in [0.25, 0.3) is 0 Å². The fourth-order valence-corrected chi connectivity index (χ4v) is 1.22. The molecule has 0 bridgehead atoms. The van der Waals surface area contributed by atoms with Gasteiger partial charge in [-0.05, 0) is 24.6 Å². The Morgan fingerprint density at radius 2 is 1.44 bits per heavy atom. The van der Waals surface area contributed by atoms with Crippen LogP contribution in [0.5, 0.6) is 0 Å². The van der Waals surface area contributed by atoms with Gasteiger partial charge in [-0.15, -0.1) is 0 Å². The van der Waals surface area contributed by atoms with Gasteiger partial charge in [-0.1, -0.05) is 12.1 Å². The quantitative estimate of drug-likeness (QED) is 0.602. The second-order valence-electron chi connectivity index (χ2n) is 2.58. The number of ether oxygens (including phenoxy) is 2. The van der Waals surface area contributed by atoms with Crippen molar-refractivity contribution in [1.29, 1.82) is 0 Å². The van der Waals surface area contributed by atoms with E-state index in [1.165, 1.54) is 0 Å². The number of carbonyl (C=O) groups excluding carboxylic acids is 2.